The summed E-state index contributed by atoms with van der Waals surface area (Å²) in [5, 5.41) is 0. The van der Waals surface area contributed by atoms with Gasteiger partial charge in [-0.15, -0.1) is 89.5 Å². The van der Waals surface area contributed by atoms with Crippen LogP contribution in [0.15, 0.2) is 219 Å². The fourth-order valence-electron chi connectivity index (χ4n) is 7.67. The Labute approximate surface area is 393 Å². The zero-order valence-electron chi connectivity index (χ0n) is 35.2. The first kappa shape index (κ1) is 42.5. The maximum atomic E-state index is 6.49. The van der Waals surface area contributed by atoms with Gasteiger partial charge in [0.05, 0.1) is 13.2 Å². The number of pyridine rings is 3. The molecule has 0 aliphatic heterocycles. The summed E-state index contributed by atoms with van der Waals surface area (Å²) in [5.74, 6) is 1.38. The molecule has 3 heterocycles. The van der Waals surface area contributed by atoms with Gasteiger partial charge in [0, 0.05) is 24.7 Å². The molecule has 10 aromatic rings. The Hall–Kier alpha value is -7.76. The van der Waals surface area contributed by atoms with Crippen molar-refractivity contribution in [2.24, 2.45) is 0 Å². The van der Waals surface area contributed by atoms with Crippen LogP contribution in [0, 0.1) is 18.2 Å². The van der Waals surface area contributed by atoms with Gasteiger partial charge in [-0.2, -0.15) is 0 Å². The molecule has 0 atom stereocenters. The molecule has 0 bridgehead atoms. The van der Waals surface area contributed by atoms with Crippen molar-refractivity contribution in [1.82, 2.24) is 15.0 Å². The Morgan fingerprint density at radius 3 is 1.35 bits per heavy atom. The fourth-order valence-corrected chi connectivity index (χ4v) is 7.67. The van der Waals surface area contributed by atoms with E-state index in [1.807, 2.05) is 85.1 Å². The Morgan fingerprint density at radius 2 is 0.815 bits per heavy atom. The average Bonchev–Trinajstić information content (AvgIpc) is 3.38. The topological polar surface area (TPSA) is 57.1 Å². The summed E-state index contributed by atoms with van der Waals surface area (Å²) in [6.45, 7) is 0.719. The molecule has 3 aromatic heterocycles. The zero-order chi connectivity index (χ0) is 42.9. The first-order valence-electron chi connectivity index (χ1n) is 21.2. The van der Waals surface area contributed by atoms with Gasteiger partial charge >= 0.3 is 20.1 Å². The van der Waals surface area contributed by atoms with Crippen LogP contribution in [0.5, 0.6) is 11.5 Å². The normalized spacial score (nSPS) is 10.8. The van der Waals surface area contributed by atoms with Gasteiger partial charge < -0.3 is 24.4 Å². The third kappa shape index (κ3) is 10.2. The van der Waals surface area contributed by atoms with Crippen molar-refractivity contribution in [2.45, 2.75) is 13.2 Å². The Kier molecular flexibility index (Phi) is 13.2. The van der Waals surface area contributed by atoms with Crippen LogP contribution < -0.4 is 9.47 Å². The Balaban J connectivity index is 0.00000533. The molecule has 5 nitrogen and oxygen atoms in total. The third-order valence-corrected chi connectivity index (χ3v) is 11.1. The Morgan fingerprint density at radius 1 is 0.338 bits per heavy atom. The number of hydrogen-bond donors (Lipinski definition) is 0. The second-order valence-electron chi connectivity index (χ2n) is 15.3. The van der Waals surface area contributed by atoms with Crippen molar-refractivity contribution < 1.29 is 29.6 Å². The van der Waals surface area contributed by atoms with E-state index >= 15 is 0 Å². The molecule has 7 aromatic carbocycles. The van der Waals surface area contributed by atoms with Crippen LogP contribution >= 0.6 is 0 Å². The van der Waals surface area contributed by atoms with Gasteiger partial charge in [-0.3, -0.25) is 0 Å². The van der Waals surface area contributed by atoms with Crippen molar-refractivity contribution in [3.05, 3.63) is 248 Å². The van der Waals surface area contributed by atoms with Gasteiger partial charge in [0.15, 0.2) is 0 Å². The molecule has 0 saturated heterocycles. The van der Waals surface area contributed by atoms with E-state index in [0.717, 1.165) is 78.3 Å². The fraction of sp³-hybridized carbons (Fsp3) is 0.0339. The first-order chi connectivity index (χ1) is 31.7. The van der Waals surface area contributed by atoms with E-state index in [4.69, 9.17) is 14.5 Å². The van der Waals surface area contributed by atoms with Gasteiger partial charge in [-0.05, 0) is 80.8 Å². The summed E-state index contributed by atoms with van der Waals surface area (Å²) in [7, 11) is 0. The average molecular weight is 1020 g/mol. The van der Waals surface area contributed by atoms with E-state index in [2.05, 4.69) is 149 Å². The number of ether oxygens (including phenoxy) is 2. The molecule has 10 rings (SSSR count). The number of rotatable bonds is 13. The van der Waals surface area contributed by atoms with Gasteiger partial charge in [0.25, 0.3) is 0 Å². The van der Waals surface area contributed by atoms with E-state index in [1.54, 1.807) is 12.4 Å². The SMILES string of the molecule is [Ir+3].[c-]1cc(COc2cc(OCc3c[c-]c(-c4ccccn4)cc3)cc(-c3ccccc3-c3c[c-]c(-c4cc(-c5ccc(-c6ccccc6)cc5)ccn4)cc3)c2)ccc1-c1ccccn1. The number of benzene rings is 7. The molecule has 65 heavy (non-hydrogen) atoms. The monoisotopic (exact) mass is 1020 g/mol. The van der Waals surface area contributed by atoms with Crippen LogP contribution in [0.25, 0.3) is 78.3 Å². The maximum absolute atomic E-state index is 6.49. The molecule has 0 radical (unpaired) electrons. The summed E-state index contributed by atoms with van der Waals surface area (Å²) in [6.07, 6.45) is 5.45. The predicted molar refractivity (Wildman–Crippen MR) is 256 cm³/mol. The van der Waals surface area contributed by atoms with E-state index in [0.29, 0.717) is 24.7 Å². The molecule has 0 aliphatic rings. The summed E-state index contributed by atoms with van der Waals surface area (Å²) < 4.78 is 13.0. The second-order valence-corrected chi connectivity index (χ2v) is 15.3. The maximum Gasteiger partial charge on any atom is 3.00 e. The van der Waals surface area contributed by atoms with Crippen LogP contribution in [0.1, 0.15) is 11.1 Å². The summed E-state index contributed by atoms with van der Waals surface area (Å²) in [6, 6.07) is 78.2. The number of hydrogen-bond acceptors (Lipinski definition) is 5. The van der Waals surface area contributed by atoms with Gasteiger partial charge in [-0.25, -0.2) is 0 Å². The molecule has 0 spiro atoms. The minimum Gasteiger partial charge on any atom is -0.498 e. The van der Waals surface area contributed by atoms with E-state index < -0.39 is 0 Å². The molecule has 0 unspecified atom stereocenters. The molecule has 0 N–H and O–H groups in total. The minimum atomic E-state index is 0. The predicted octanol–water partition coefficient (Wildman–Crippen LogP) is 14.1. The van der Waals surface area contributed by atoms with Crippen molar-refractivity contribution in [2.75, 3.05) is 0 Å². The van der Waals surface area contributed by atoms with E-state index in [9.17, 15) is 0 Å². The van der Waals surface area contributed by atoms with E-state index in [-0.39, 0.29) is 20.1 Å². The second kappa shape index (κ2) is 20.2. The van der Waals surface area contributed by atoms with Crippen molar-refractivity contribution in [3.63, 3.8) is 0 Å². The number of aromatic nitrogens is 3. The summed E-state index contributed by atoms with van der Waals surface area (Å²) in [4.78, 5) is 13.7. The summed E-state index contributed by atoms with van der Waals surface area (Å²) >= 11 is 0. The van der Waals surface area contributed by atoms with Crippen LogP contribution in [0.3, 0.4) is 0 Å². The van der Waals surface area contributed by atoms with E-state index in [1.165, 1.54) is 11.1 Å². The molecular weight excluding hydrogens is 975 g/mol. The van der Waals surface area contributed by atoms with Crippen LogP contribution in [-0.4, -0.2) is 15.0 Å². The standard InChI is InChI=1S/C59H40N3O2.Ir/c1-2-10-44(11-3-1)45-24-26-46(27-25-45)51-32-35-62-59(38-51)50-30-28-47(29-31-50)55-12-4-5-13-56(55)52-36-53(63-40-42-16-20-48(21-17-42)57-14-6-8-33-60-57)39-54(37-52)64-41-43-18-22-49(23-19-43)58-15-7-9-34-61-58;/h1-20,22,24-30,32-39H,40-41H2;/q-3;+3. The van der Waals surface area contributed by atoms with Crippen LogP contribution in [-0.2, 0) is 33.3 Å². The Bertz CT molecular complexity index is 3000. The van der Waals surface area contributed by atoms with Gasteiger partial charge in [0.2, 0.25) is 0 Å². The molecule has 0 fully saturated rings. The minimum absolute atomic E-state index is 0. The number of nitrogens with zero attached hydrogens (tertiary/aromatic N) is 3. The third-order valence-electron chi connectivity index (χ3n) is 11.1. The van der Waals surface area contributed by atoms with Crippen LogP contribution in [0.2, 0.25) is 0 Å². The molecule has 312 valence electrons. The van der Waals surface area contributed by atoms with Crippen molar-refractivity contribution in [3.8, 4) is 89.8 Å². The zero-order valence-corrected chi connectivity index (χ0v) is 37.6. The van der Waals surface area contributed by atoms with Crippen molar-refractivity contribution in [1.29, 1.82) is 0 Å². The van der Waals surface area contributed by atoms with Crippen molar-refractivity contribution >= 4 is 0 Å². The van der Waals surface area contributed by atoms with Gasteiger partial charge in [-0.1, -0.05) is 131 Å². The molecule has 0 aliphatic carbocycles. The molecular formula is C59H40IrN3O2. The molecule has 0 amide bonds. The summed E-state index contributed by atoms with van der Waals surface area (Å²) in [5.41, 5.74) is 16.1. The molecule has 0 saturated carbocycles. The first-order valence-corrected chi connectivity index (χ1v) is 21.2. The largest absolute Gasteiger partial charge is 3.00 e. The van der Waals surface area contributed by atoms with Gasteiger partial charge in [0.1, 0.15) is 11.5 Å². The quantitative estimate of drug-likeness (QED) is 0.108. The smallest absolute Gasteiger partial charge is 0.498 e. The molecule has 6 heteroatoms. The van der Waals surface area contributed by atoms with Crippen LogP contribution in [0.4, 0.5) is 0 Å².